The SMILES string of the molecule is CC/C=C\C/C=C\C/C=C\C/C=C\C/C=C\C/C=C\CCCCCCCCC(=O)OC(COC(=O)CCCCCCCCCCCCCCCCCCCCC)COP(=O)(O)OCC[N+](C)(C)C. The summed E-state index contributed by atoms with van der Waals surface area (Å²) in [6, 6.07) is 0. The van der Waals surface area contributed by atoms with Crippen molar-refractivity contribution in [1.82, 2.24) is 0 Å². The largest absolute Gasteiger partial charge is 0.472 e. The molecule has 10 heteroatoms. The molecule has 0 aliphatic rings. The molecular weight excluding hydrogens is 870 g/mol. The molecule has 0 heterocycles. The number of hydrogen-bond acceptors (Lipinski definition) is 7. The second-order valence-corrected chi connectivity index (χ2v) is 21.0. The van der Waals surface area contributed by atoms with E-state index in [1.165, 1.54) is 103 Å². The highest BCUT2D eigenvalue weighted by Gasteiger charge is 2.27. The molecule has 2 unspecified atom stereocenters. The van der Waals surface area contributed by atoms with Crippen molar-refractivity contribution in [3.63, 3.8) is 0 Å². The van der Waals surface area contributed by atoms with Crippen LogP contribution in [0.1, 0.15) is 232 Å². The lowest BCUT2D eigenvalue weighted by molar-refractivity contribution is -0.870. The predicted octanol–water partition coefficient (Wildman–Crippen LogP) is 16.9. The van der Waals surface area contributed by atoms with E-state index in [0.717, 1.165) is 96.3 Å². The summed E-state index contributed by atoms with van der Waals surface area (Å²) in [5.41, 5.74) is 0. The number of rotatable bonds is 50. The van der Waals surface area contributed by atoms with Gasteiger partial charge in [0.15, 0.2) is 6.10 Å². The first-order valence-corrected chi connectivity index (χ1v) is 29.2. The predicted molar refractivity (Wildman–Crippen MR) is 289 cm³/mol. The van der Waals surface area contributed by atoms with Gasteiger partial charge in [0.05, 0.1) is 27.7 Å². The number of nitrogens with zero attached hydrogens (tertiary/aromatic N) is 1. The Hall–Kier alpha value is -2.55. The molecule has 394 valence electrons. The maximum Gasteiger partial charge on any atom is 0.472 e. The standard InChI is InChI=1S/C58H104NO8P/c1-6-8-10-12-14-16-18-20-22-24-26-27-28-29-30-31-33-35-37-39-41-43-45-47-49-51-58(61)67-56(55-66-68(62,63)65-53-52-59(3,4)5)54-64-57(60)50-48-46-44-42-40-38-36-34-32-25-23-21-19-17-15-13-11-9-7-2/h8,10,14,16,20,22,26-27,29-30,33,35,56H,6-7,9,11-13,15,17-19,21,23-25,28,31-32,34,36-55H2,1-5H3/p+1/b10-8-,16-14-,22-20-,27-26-,30-29-,35-33-. The molecule has 0 amide bonds. The fourth-order valence-corrected chi connectivity index (χ4v) is 8.23. The quantitative estimate of drug-likeness (QED) is 0.0211. The number of esters is 2. The Bertz CT molecular complexity index is 1380. The third kappa shape index (κ3) is 52.8. The summed E-state index contributed by atoms with van der Waals surface area (Å²) in [5.74, 6) is -0.810. The molecule has 0 spiro atoms. The van der Waals surface area contributed by atoms with Crippen LogP contribution in [0.25, 0.3) is 0 Å². The van der Waals surface area contributed by atoms with E-state index in [9.17, 15) is 19.0 Å². The van der Waals surface area contributed by atoms with E-state index in [4.69, 9.17) is 18.5 Å². The Balaban J connectivity index is 4.25. The van der Waals surface area contributed by atoms with E-state index in [0.29, 0.717) is 17.4 Å². The first-order valence-electron chi connectivity index (χ1n) is 27.7. The van der Waals surface area contributed by atoms with Crippen LogP contribution in [0, 0.1) is 0 Å². The van der Waals surface area contributed by atoms with E-state index in [1.807, 2.05) is 21.1 Å². The van der Waals surface area contributed by atoms with Gasteiger partial charge in [0.1, 0.15) is 19.8 Å². The van der Waals surface area contributed by atoms with Gasteiger partial charge in [-0.25, -0.2) is 4.57 Å². The number of allylic oxidation sites excluding steroid dienone is 12. The first-order chi connectivity index (χ1) is 33.0. The lowest BCUT2D eigenvalue weighted by Gasteiger charge is -2.24. The zero-order chi connectivity index (χ0) is 49.9. The van der Waals surface area contributed by atoms with E-state index < -0.39 is 26.5 Å². The summed E-state index contributed by atoms with van der Waals surface area (Å²) < 4.78 is 34.5. The zero-order valence-corrected chi connectivity index (χ0v) is 45.5. The number of likely N-dealkylation sites (N-methyl/N-ethyl adjacent to an activating group) is 1. The number of carbonyl (C=O) groups is 2. The van der Waals surface area contributed by atoms with Crippen LogP contribution in [0.2, 0.25) is 0 Å². The third-order valence-corrected chi connectivity index (χ3v) is 12.7. The smallest absolute Gasteiger partial charge is 0.462 e. The van der Waals surface area contributed by atoms with Gasteiger partial charge in [-0.2, -0.15) is 0 Å². The van der Waals surface area contributed by atoms with Crippen LogP contribution in [0.5, 0.6) is 0 Å². The molecule has 0 saturated heterocycles. The maximum atomic E-state index is 12.8. The van der Waals surface area contributed by atoms with Crippen molar-refractivity contribution in [3.8, 4) is 0 Å². The molecule has 0 rings (SSSR count). The molecule has 0 fully saturated rings. The number of ether oxygens (including phenoxy) is 2. The Morgan fingerprint density at radius 3 is 1.25 bits per heavy atom. The highest BCUT2D eigenvalue weighted by Crippen LogP contribution is 2.43. The van der Waals surface area contributed by atoms with Gasteiger partial charge in [-0.3, -0.25) is 18.6 Å². The van der Waals surface area contributed by atoms with Crippen LogP contribution in [0.4, 0.5) is 0 Å². The average Bonchev–Trinajstić information content (AvgIpc) is 3.30. The molecule has 0 saturated carbocycles. The van der Waals surface area contributed by atoms with Gasteiger partial charge in [0.2, 0.25) is 0 Å². The minimum atomic E-state index is -4.39. The molecule has 9 nitrogen and oxygen atoms in total. The van der Waals surface area contributed by atoms with Gasteiger partial charge in [0.25, 0.3) is 0 Å². The molecule has 0 aliphatic carbocycles. The van der Waals surface area contributed by atoms with Gasteiger partial charge in [-0.05, 0) is 64.2 Å². The number of carbonyl (C=O) groups excluding carboxylic acids is 2. The molecule has 0 aliphatic heterocycles. The molecule has 0 aromatic rings. The third-order valence-electron chi connectivity index (χ3n) is 11.8. The van der Waals surface area contributed by atoms with Gasteiger partial charge in [-0.1, -0.05) is 228 Å². The van der Waals surface area contributed by atoms with Crippen molar-refractivity contribution < 1.29 is 42.1 Å². The summed E-state index contributed by atoms with van der Waals surface area (Å²) in [6.07, 6.45) is 63.8. The number of phosphoric ester groups is 1. The fourth-order valence-electron chi connectivity index (χ4n) is 7.49. The van der Waals surface area contributed by atoms with Crippen molar-refractivity contribution in [2.24, 2.45) is 0 Å². The lowest BCUT2D eigenvalue weighted by atomic mass is 10.0. The first kappa shape index (κ1) is 65.5. The van der Waals surface area contributed by atoms with Crippen LogP contribution in [-0.2, 0) is 32.7 Å². The molecule has 0 aromatic carbocycles. The van der Waals surface area contributed by atoms with Crippen LogP contribution in [-0.4, -0.2) is 74.9 Å². The zero-order valence-electron chi connectivity index (χ0n) is 44.6. The van der Waals surface area contributed by atoms with Gasteiger partial charge in [-0.15, -0.1) is 0 Å². The molecular formula is C58H105NO8P+. The van der Waals surface area contributed by atoms with Crippen molar-refractivity contribution in [1.29, 1.82) is 0 Å². The molecule has 2 atom stereocenters. The van der Waals surface area contributed by atoms with E-state index in [2.05, 4.69) is 86.8 Å². The monoisotopic (exact) mass is 975 g/mol. The Morgan fingerprint density at radius 2 is 0.838 bits per heavy atom. The van der Waals surface area contributed by atoms with Gasteiger partial charge < -0.3 is 18.9 Å². The summed E-state index contributed by atoms with van der Waals surface area (Å²) in [5, 5.41) is 0. The average molecular weight is 975 g/mol. The summed E-state index contributed by atoms with van der Waals surface area (Å²) >= 11 is 0. The lowest BCUT2D eigenvalue weighted by Crippen LogP contribution is -2.37. The highest BCUT2D eigenvalue weighted by atomic mass is 31.2. The van der Waals surface area contributed by atoms with Crippen molar-refractivity contribution in [3.05, 3.63) is 72.9 Å². The fraction of sp³-hybridized carbons (Fsp3) is 0.759. The van der Waals surface area contributed by atoms with Crippen LogP contribution in [0.15, 0.2) is 72.9 Å². The van der Waals surface area contributed by atoms with Crippen LogP contribution >= 0.6 is 7.82 Å². The van der Waals surface area contributed by atoms with Crippen molar-refractivity contribution in [2.75, 3.05) is 47.5 Å². The normalized spacial score (nSPS) is 13.9. The molecule has 0 bridgehead atoms. The Kier molecular flexibility index (Phi) is 47.6. The molecule has 1 N–H and O–H groups in total. The van der Waals surface area contributed by atoms with Crippen molar-refractivity contribution in [2.45, 2.75) is 238 Å². The second kappa shape index (κ2) is 49.4. The number of unbranched alkanes of at least 4 members (excludes halogenated alkanes) is 24. The van der Waals surface area contributed by atoms with Crippen LogP contribution < -0.4 is 0 Å². The Labute approximate surface area is 418 Å². The molecule has 0 aromatic heterocycles. The van der Waals surface area contributed by atoms with Crippen molar-refractivity contribution >= 4 is 19.8 Å². The van der Waals surface area contributed by atoms with E-state index in [-0.39, 0.29) is 32.0 Å². The van der Waals surface area contributed by atoms with E-state index >= 15 is 0 Å². The maximum absolute atomic E-state index is 12.8. The minimum absolute atomic E-state index is 0.0265. The summed E-state index contributed by atoms with van der Waals surface area (Å²) in [7, 11) is 1.46. The number of hydrogen-bond donors (Lipinski definition) is 1. The van der Waals surface area contributed by atoms with Crippen LogP contribution in [0.3, 0.4) is 0 Å². The Morgan fingerprint density at radius 1 is 0.471 bits per heavy atom. The minimum Gasteiger partial charge on any atom is -0.462 e. The molecule has 0 radical (unpaired) electrons. The molecule has 68 heavy (non-hydrogen) atoms. The van der Waals surface area contributed by atoms with Gasteiger partial charge >= 0.3 is 19.8 Å². The summed E-state index contributed by atoms with van der Waals surface area (Å²) in [6.45, 7) is 4.32. The summed E-state index contributed by atoms with van der Waals surface area (Å²) in [4.78, 5) is 35.6. The number of quaternary nitrogens is 1. The van der Waals surface area contributed by atoms with E-state index in [1.54, 1.807) is 0 Å². The number of phosphoric acid groups is 1. The highest BCUT2D eigenvalue weighted by molar-refractivity contribution is 7.47. The topological polar surface area (TPSA) is 108 Å². The van der Waals surface area contributed by atoms with Gasteiger partial charge in [0, 0.05) is 12.8 Å². The second-order valence-electron chi connectivity index (χ2n) is 19.6.